The van der Waals surface area contributed by atoms with Crippen molar-refractivity contribution in [1.29, 1.82) is 0 Å². The molecule has 0 saturated carbocycles. The van der Waals surface area contributed by atoms with Gasteiger partial charge in [0.05, 0.1) is 6.42 Å². The zero-order valence-corrected chi connectivity index (χ0v) is 10.8. The highest BCUT2D eigenvalue weighted by atomic mass is 16.5. The van der Waals surface area contributed by atoms with Crippen LogP contribution in [0.25, 0.3) is 0 Å². The Balaban J connectivity index is 2.08. The minimum absolute atomic E-state index is 0.00980. The summed E-state index contributed by atoms with van der Waals surface area (Å²) in [4.78, 5) is 22.3. The molecule has 0 radical (unpaired) electrons. The van der Waals surface area contributed by atoms with Gasteiger partial charge in [-0.15, -0.1) is 0 Å². The van der Waals surface area contributed by atoms with E-state index in [9.17, 15) is 9.59 Å². The largest absolute Gasteiger partial charge is 0.481 e. The Morgan fingerprint density at radius 2 is 1.60 bits per heavy atom. The number of ketones is 1. The number of carboxylic acid groups (broad SMARTS) is 1. The maximum Gasteiger partial charge on any atom is 0.303 e. The molecule has 0 fully saturated rings. The van der Waals surface area contributed by atoms with Gasteiger partial charge in [-0.3, -0.25) is 9.59 Å². The summed E-state index contributed by atoms with van der Waals surface area (Å²) >= 11 is 0. The molecule has 0 aliphatic carbocycles. The predicted octanol–water partition coefficient (Wildman–Crippen LogP) is 3.53. The van der Waals surface area contributed by atoms with E-state index in [1.165, 1.54) is 0 Å². The third-order valence-corrected chi connectivity index (χ3v) is 2.70. The fraction of sp³-hybridized carbons (Fsp3) is 0.125. The lowest BCUT2D eigenvalue weighted by atomic mass is 10.1. The lowest BCUT2D eigenvalue weighted by molar-refractivity contribution is -0.136. The molecule has 4 heteroatoms. The molecule has 102 valence electrons. The standard InChI is InChI=1S/C16H14O4/c17-15(9-10-16(18)19)12-5-4-8-14(11-12)20-13-6-2-1-3-7-13/h1-8,11H,9-10H2,(H,18,19). The van der Waals surface area contributed by atoms with Crippen molar-refractivity contribution in [3.8, 4) is 11.5 Å². The normalized spacial score (nSPS) is 10.0. The molecule has 2 aromatic rings. The average Bonchev–Trinajstić information content (AvgIpc) is 2.46. The Kier molecular flexibility index (Phi) is 4.50. The highest BCUT2D eigenvalue weighted by Gasteiger charge is 2.09. The van der Waals surface area contributed by atoms with Gasteiger partial charge in [0.1, 0.15) is 11.5 Å². The number of para-hydroxylation sites is 1. The number of hydrogen-bond acceptors (Lipinski definition) is 3. The zero-order valence-electron chi connectivity index (χ0n) is 10.8. The van der Waals surface area contributed by atoms with Crippen LogP contribution in [0.3, 0.4) is 0 Å². The molecule has 0 spiro atoms. The number of aliphatic carboxylic acids is 1. The van der Waals surface area contributed by atoms with E-state index in [1.807, 2.05) is 30.3 Å². The van der Waals surface area contributed by atoms with E-state index >= 15 is 0 Å². The van der Waals surface area contributed by atoms with E-state index in [1.54, 1.807) is 24.3 Å². The number of rotatable bonds is 6. The fourth-order valence-corrected chi connectivity index (χ4v) is 1.72. The second-order valence-electron chi connectivity index (χ2n) is 4.26. The molecule has 0 aromatic heterocycles. The first-order chi connectivity index (χ1) is 9.65. The molecule has 0 aliphatic heterocycles. The summed E-state index contributed by atoms with van der Waals surface area (Å²) in [5.41, 5.74) is 0.458. The molecule has 0 aliphatic rings. The Labute approximate surface area is 116 Å². The molecule has 0 heterocycles. The molecular formula is C16H14O4. The third-order valence-electron chi connectivity index (χ3n) is 2.70. The molecule has 0 bridgehead atoms. The van der Waals surface area contributed by atoms with Gasteiger partial charge in [-0.2, -0.15) is 0 Å². The second-order valence-corrected chi connectivity index (χ2v) is 4.26. The summed E-state index contributed by atoms with van der Waals surface area (Å²) in [6.45, 7) is 0. The molecule has 0 atom stereocenters. The summed E-state index contributed by atoms with van der Waals surface area (Å²) < 4.78 is 5.63. The quantitative estimate of drug-likeness (QED) is 0.815. The lowest BCUT2D eigenvalue weighted by Crippen LogP contribution is -2.03. The van der Waals surface area contributed by atoms with Crippen LogP contribution in [0.4, 0.5) is 0 Å². The predicted molar refractivity (Wildman–Crippen MR) is 74.2 cm³/mol. The van der Waals surface area contributed by atoms with Gasteiger partial charge in [-0.25, -0.2) is 0 Å². The average molecular weight is 270 g/mol. The van der Waals surface area contributed by atoms with Crippen LogP contribution in [0.15, 0.2) is 54.6 Å². The van der Waals surface area contributed by atoms with Gasteiger partial charge in [0.2, 0.25) is 0 Å². The van der Waals surface area contributed by atoms with Crippen molar-refractivity contribution < 1.29 is 19.4 Å². The van der Waals surface area contributed by atoms with Crippen molar-refractivity contribution in [2.75, 3.05) is 0 Å². The van der Waals surface area contributed by atoms with Crippen molar-refractivity contribution in [1.82, 2.24) is 0 Å². The number of hydrogen-bond donors (Lipinski definition) is 1. The van der Waals surface area contributed by atoms with Crippen molar-refractivity contribution in [3.05, 3.63) is 60.2 Å². The smallest absolute Gasteiger partial charge is 0.303 e. The molecule has 2 aromatic carbocycles. The number of carboxylic acids is 1. The van der Waals surface area contributed by atoms with Crippen molar-refractivity contribution >= 4 is 11.8 Å². The van der Waals surface area contributed by atoms with Gasteiger partial charge in [-0.1, -0.05) is 30.3 Å². The molecule has 1 N–H and O–H groups in total. The van der Waals surface area contributed by atoms with Crippen LogP contribution in [-0.2, 0) is 4.79 Å². The van der Waals surface area contributed by atoms with Crippen molar-refractivity contribution in [3.63, 3.8) is 0 Å². The van der Waals surface area contributed by atoms with E-state index < -0.39 is 5.97 Å². The number of ether oxygens (including phenoxy) is 1. The van der Waals surface area contributed by atoms with Gasteiger partial charge in [0.25, 0.3) is 0 Å². The van der Waals surface area contributed by atoms with Crippen LogP contribution in [0, 0.1) is 0 Å². The van der Waals surface area contributed by atoms with Crippen LogP contribution in [-0.4, -0.2) is 16.9 Å². The van der Waals surface area contributed by atoms with Crippen molar-refractivity contribution in [2.45, 2.75) is 12.8 Å². The Morgan fingerprint density at radius 1 is 0.900 bits per heavy atom. The van der Waals surface area contributed by atoms with Gasteiger partial charge in [0, 0.05) is 12.0 Å². The molecule has 20 heavy (non-hydrogen) atoms. The van der Waals surface area contributed by atoms with Crippen LogP contribution in [0.1, 0.15) is 23.2 Å². The molecule has 0 unspecified atom stereocenters. The van der Waals surface area contributed by atoms with Crippen LogP contribution in [0.5, 0.6) is 11.5 Å². The minimum atomic E-state index is -0.977. The van der Waals surface area contributed by atoms with E-state index in [0.717, 1.165) is 0 Å². The number of carbonyl (C=O) groups is 2. The van der Waals surface area contributed by atoms with Gasteiger partial charge in [-0.05, 0) is 24.3 Å². The third kappa shape index (κ3) is 3.95. The molecule has 0 saturated heterocycles. The van der Waals surface area contributed by atoms with Gasteiger partial charge in [0.15, 0.2) is 5.78 Å². The highest BCUT2D eigenvalue weighted by molar-refractivity contribution is 5.97. The summed E-state index contributed by atoms with van der Waals surface area (Å²) in [7, 11) is 0. The number of Topliss-reactive ketones (excluding diaryl/α,β-unsaturated/α-hetero) is 1. The van der Waals surface area contributed by atoms with E-state index in [2.05, 4.69) is 0 Å². The van der Waals surface area contributed by atoms with Gasteiger partial charge >= 0.3 is 5.97 Å². The van der Waals surface area contributed by atoms with Crippen LogP contribution < -0.4 is 4.74 Å². The van der Waals surface area contributed by atoms with E-state index in [-0.39, 0.29) is 18.6 Å². The first kappa shape index (κ1) is 13.8. The SMILES string of the molecule is O=C(O)CCC(=O)c1cccc(Oc2ccccc2)c1. The Hall–Kier alpha value is -2.62. The second kappa shape index (κ2) is 6.52. The molecular weight excluding hydrogens is 256 g/mol. The minimum Gasteiger partial charge on any atom is -0.481 e. The van der Waals surface area contributed by atoms with E-state index in [0.29, 0.717) is 17.1 Å². The summed E-state index contributed by atoms with van der Waals surface area (Å²) in [5.74, 6) is 0.0564. The molecule has 4 nitrogen and oxygen atoms in total. The fourth-order valence-electron chi connectivity index (χ4n) is 1.72. The molecule has 0 amide bonds. The topological polar surface area (TPSA) is 63.6 Å². The lowest BCUT2D eigenvalue weighted by Gasteiger charge is -2.07. The first-order valence-electron chi connectivity index (χ1n) is 6.23. The van der Waals surface area contributed by atoms with Gasteiger partial charge < -0.3 is 9.84 Å². The van der Waals surface area contributed by atoms with Crippen LogP contribution in [0.2, 0.25) is 0 Å². The summed E-state index contributed by atoms with van der Waals surface area (Å²) in [6, 6.07) is 16.0. The highest BCUT2D eigenvalue weighted by Crippen LogP contribution is 2.22. The summed E-state index contributed by atoms with van der Waals surface area (Å²) in [6.07, 6.45) is -0.174. The monoisotopic (exact) mass is 270 g/mol. The first-order valence-corrected chi connectivity index (χ1v) is 6.23. The Bertz CT molecular complexity index is 605. The zero-order chi connectivity index (χ0) is 14.4. The molecule has 2 rings (SSSR count). The van der Waals surface area contributed by atoms with E-state index in [4.69, 9.17) is 9.84 Å². The number of benzene rings is 2. The maximum absolute atomic E-state index is 11.8. The van der Waals surface area contributed by atoms with Crippen molar-refractivity contribution in [2.24, 2.45) is 0 Å². The Morgan fingerprint density at radius 3 is 2.30 bits per heavy atom. The number of carbonyl (C=O) groups excluding carboxylic acids is 1. The summed E-state index contributed by atoms with van der Waals surface area (Å²) in [5, 5.41) is 8.58. The van der Waals surface area contributed by atoms with Crippen LogP contribution >= 0.6 is 0 Å². The maximum atomic E-state index is 11.8.